The summed E-state index contributed by atoms with van der Waals surface area (Å²) in [6.07, 6.45) is 3.81. The van der Waals surface area contributed by atoms with Gasteiger partial charge in [-0.2, -0.15) is 5.26 Å². The van der Waals surface area contributed by atoms with Crippen molar-refractivity contribution >= 4 is 0 Å². The summed E-state index contributed by atoms with van der Waals surface area (Å²) in [5, 5.41) is 8.74. The number of nitriles is 1. The molecule has 0 aromatic heterocycles. The van der Waals surface area contributed by atoms with Crippen LogP contribution in [0.15, 0.2) is 12.7 Å². The Morgan fingerprint density at radius 2 is 2.36 bits per heavy atom. The molecule has 0 spiro atoms. The third kappa shape index (κ3) is 2.59. The summed E-state index contributed by atoms with van der Waals surface area (Å²) in [5.74, 6) is 0.563. The van der Waals surface area contributed by atoms with Gasteiger partial charge < -0.3 is 0 Å². The van der Waals surface area contributed by atoms with E-state index >= 15 is 0 Å². The van der Waals surface area contributed by atoms with E-state index in [0.717, 1.165) is 26.1 Å². The molecule has 78 valence electrons. The molecule has 0 N–H and O–H groups in total. The van der Waals surface area contributed by atoms with Gasteiger partial charge in [-0.05, 0) is 24.3 Å². The average molecular weight is 192 g/mol. The minimum Gasteiger partial charge on any atom is -0.299 e. The first kappa shape index (κ1) is 11.3. The van der Waals surface area contributed by atoms with Crippen molar-refractivity contribution < 1.29 is 0 Å². The summed E-state index contributed by atoms with van der Waals surface area (Å²) in [7, 11) is 0. The van der Waals surface area contributed by atoms with Gasteiger partial charge in [-0.1, -0.05) is 19.9 Å². The highest BCUT2D eigenvalue weighted by molar-refractivity contribution is 4.92. The fourth-order valence-corrected chi connectivity index (χ4v) is 2.34. The third-order valence-corrected chi connectivity index (χ3v) is 3.26. The molecule has 0 bridgehead atoms. The molecule has 1 saturated heterocycles. The lowest BCUT2D eigenvalue weighted by Gasteiger charge is -2.43. The smallest absolute Gasteiger partial charge is 0.0624 e. The highest BCUT2D eigenvalue weighted by Crippen LogP contribution is 2.36. The largest absolute Gasteiger partial charge is 0.299 e. The van der Waals surface area contributed by atoms with Gasteiger partial charge in [-0.3, -0.25) is 4.90 Å². The molecule has 1 heterocycles. The quantitative estimate of drug-likeness (QED) is 0.642. The van der Waals surface area contributed by atoms with Gasteiger partial charge in [-0.25, -0.2) is 0 Å². The Labute approximate surface area is 87.2 Å². The Kier molecular flexibility index (Phi) is 3.71. The van der Waals surface area contributed by atoms with E-state index in [-0.39, 0.29) is 5.41 Å². The number of piperidine rings is 1. The molecule has 1 fully saturated rings. The molecule has 0 aromatic rings. The van der Waals surface area contributed by atoms with Crippen LogP contribution in [0.25, 0.3) is 0 Å². The zero-order chi connectivity index (χ0) is 10.6. The van der Waals surface area contributed by atoms with Crippen molar-refractivity contribution in [1.29, 1.82) is 5.26 Å². The molecule has 14 heavy (non-hydrogen) atoms. The summed E-state index contributed by atoms with van der Waals surface area (Å²) >= 11 is 0. The van der Waals surface area contributed by atoms with Gasteiger partial charge in [0.15, 0.2) is 0 Å². The molecular formula is C12H20N2. The molecule has 0 aromatic carbocycles. The molecule has 0 aliphatic carbocycles. The van der Waals surface area contributed by atoms with Gasteiger partial charge in [0.2, 0.25) is 0 Å². The van der Waals surface area contributed by atoms with Crippen molar-refractivity contribution in [1.82, 2.24) is 4.90 Å². The maximum absolute atomic E-state index is 8.74. The highest BCUT2D eigenvalue weighted by Gasteiger charge is 2.34. The first-order valence-electron chi connectivity index (χ1n) is 5.30. The van der Waals surface area contributed by atoms with Gasteiger partial charge in [0.05, 0.1) is 6.07 Å². The third-order valence-electron chi connectivity index (χ3n) is 3.26. The molecule has 2 nitrogen and oxygen atoms in total. The summed E-state index contributed by atoms with van der Waals surface area (Å²) in [4.78, 5) is 2.42. The van der Waals surface area contributed by atoms with Gasteiger partial charge in [0.1, 0.15) is 0 Å². The zero-order valence-corrected chi connectivity index (χ0v) is 9.29. The van der Waals surface area contributed by atoms with E-state index in [1.54, 1.807) is 0 Å². The van der Waals surface area contributed by atoms with Crippen LogP contribution in [-0.4, -0.2) is 24.5 Å². The van der Waals surface area contributed by atoms with Crippen LogP contribution in [0.2, 0.25) is 0 Å². The number of likely N-dealkylation sites (tertiary alicyclic amines) is 1. The summed E-state index contributed by atoms with van der Waals surface area (Å²) < 4.78 is 0. The van der Waals surface area contributed by atoms with Gasteiger partial charge in [-0.15, -0.1) is 6.58 Å². The van der Waals surface area contributed by atoms with Crippen LogP contribution in [0, 0.1) is 22.7 Å². The van der Waals surface area contributed by atoms with Crippen LogP contribution in [0.1, 0.15) is 26.7 Å². The van der Waals surface area contributed by atoms with Gasteiger partial charge in [0.25, 0.3) is 0 Å². The summed E-state index contributed by atoms with van der Waals surface area (Å²) in [5.41, 5.74) is 0.275. The first-order valence-corrected chi connectivity index (χ1v) is 5.30. The van der Waals surface area contributed by atoms with E-state index in [0.29, 0.717) is 12.3 Å². The van der Waals surface area contributed by atoms with Crippen molar-refractivity contribution in [3.63, 3.8) is 0 Å². The standard InChI is InChI=1S/C12H20N2/c1-4-8-14-9-6-11(5-7-13)12(2,3)10-14/h4,11H,1,5-6,8-10H2,2-3H3. The van der Waals surface area contributed by atoms with Crippen LogP contribution >= 0.6 is 0 Å². The Balaban J connectivity index is 2.56. The monoisotopic (exact) mass is 192 g/mol. The molecule has 1 aliphatic heterocycles. The lowest BCUT2D eigenvalue weighted by molar-refractivity contribution is 0.0652. The SMILES string of the molecule is C=CCN1CCC(CC#N)C(C)(C)C1. The van der Waals surface area contributed by atoms with E-state index in [1.807, 2.05) is 6.08 Å². The average Bonchev–Trinajstić information content (AvgIpc) is 2.10. The molecule has 1 unspecified atom stereocenters. The maximum atomic E-state index is 8.74. The Morgan fingerprint density at radius 1 is 1.64 bits per heavy atom. The molecule has 2 heteroatoms. The fraction of sp³-hybridized carbons (Fsp3) is 0.750. The van der Waals surface area contributed by atoms with Crippen molar-refractivity contribution in [3.8, 4) is 6.07 Å². The maximum Gasteiger partial charge on any atom is 0.0624 e. The normalized spacial score (nSPS) is 26.8. The Morgan fingerprint density at radius 3 is 2.86 bits per heavy atom. The number of nitrogens with zero attached hydrogens (tertiary/aromatic N) is 2. The summed E-state index contributed by atoms with van der Waals surface area (Å²) in [6.45, 7) is 11.5. The molecule has 1 atom stereocenters. The number of hydrogen-bond donors (Lipinski definition) is 0. The van der Waals surface area contributed by atoms with Crippen molar-refractivity contribution in [2.24, 2.45) is 11.3 Å². The molecule has 1 aliphatic rings. The Hall–Kier alpha value is -0.810. The number of rotatable bonds is 3. The van der Waals surface area contributed by atoms with Gasteiger partial charge >= 0.3 is 0 Å². The van der Waals surface area contributed by atoms with Crippen molar-refractivity contribution in [2.75, 3.05) is 19.6 Å². The second-order valence-corrected chi connectivity index (χ2v) is 4.86. The predicted octanol–water partition coefficient (Wildman–Crippen LogP) is 2.43. The van der Waals surface area contributed by atoms with Crippen LogP contribution in [0.4, 0.5) is 0 Å². The molecular weight excluding hydrogens is 172 g/mol. The van der Waals surface area contributed by atoms with Crippen LogP contribution in [0.5, 0.6) is 0 Å². The van der Waals surface area contributed by atoms with E-state index in [9.17, 15) is 0 Å². The Bertz CT molecular complexity index is 237. The van der Waals surface area contributed by atoms with Crippen LogP contribution in [-0.2, 0) is 0 Å². The molecule has 0 amide bonds. The van der Waals surface area contributed by atoms with E-state index in [2.05, 4.69) is 31.4 Å². The zero-order valence-electron chi connectivity index (χ0n) is 9.29. The lowest BCUT2D eigenvalue weighted by Crippen LogP contribution is -2.45. The summed E-state index contributed by atoms with van der Waals surface area (Å²) in [6, 6.07) is 2.30. The minimum absolute atomic E-state index is 0.275. The second-order valence-electron chi connectivity index (χ2n) is 4.86. The van der Waals surface area contributed by atoms with E-state index in [1.165, 1.54) is 0 Å². The predicted molar refractivity (Wildman–Crippen MR) is 58.8 cm³/mol. The van der Waals surface area contributed by atoms with Crippen molar-refractivity contribution in [3.05, 3.63) is 12.7 Å². The fourth-order valence-electron chi connectivity index (χ4n) is 2.34. The van der Waals surface area contributed by atoms with Crippen molar-refractivity contribution in [2.45, 2.75) is 26.7 Å². The molecule has 1 rings (SSSR count). The van der Waals surface area contributed by atoms with Crippen LogP contribution < -0.4 is 0 Å². The number of hydrogen-bond acceptors (Lipinski definition) is 2. The second kappa shape index (κ2) is 4.61. The van der Waals surface area contributed by atoms with Crippen LogP contribution in [0.3, 0.4) is 0 Å². The highest BCUT2D eigenvalue weighted by atomic mass is 15.1. The molecule has 0 radical (unpaired) electrons. The minimum atomic E-state index is 0.275. The van der Waals surface area contributed by atoms with E-state index < -0.39 is 0 Å². The first-order chi connectivity index (χ1) is 6.60. The topological polar surface area (TPSA) is 27.0 Å². The van der Waals surface area contributed by atoms with Gasteiger partial charge in [0, 0.05) is 19.5 Å². The molecule has 0 saturated carbocycles. The van der Waals surface area contributed by atoms with E-state index in [4.69, 9.17) is 5.26 Å². The lowest BCUT2D eigenvalue weighted by atomic mass is 9.72.